The number of hydrogen-bond acceptors (Lipinski definition) is 5. The van der Waals surface area contributed by atoms with Crippen LogP contribution in [0.4, 0.5) is 0 Å². The summed E-state index contributed by atoms with van der Waals surface area (Å²) < 4.78 is 6.49. The summed E-state index contributed by atoms with van der Waals surface area (Å²) in [4.78, 5) is 20.4. The Hall–Kier alpha value is -1.06. The SMILES string of the molecule is O=C(COc1c(I)cc(Cl)c2cccnc12)NC1=NCCS1. The molecule has 0 radical (unpaired) electrons. The number of pyridine rings is 1. The van der Waals surface area contributed by atoms with Crippen LogP contribution in [0.5, 0.6) is 5.75 Å². The second-order valence-corrected chi connectivity index (χ2v) is 7.09. The maximum absolute atomic E-state index is 11.9. The smallest absolute Gasteiger partial charge is 0.263 e. The van der Waals surface area contributed by atoms with Gasteiger partial charge in [0.15, 0.2) is 17.5 Å². The number of halogens is 2. The lowest BCUT2D eigenvalue weighted by atomic mass is 10.2. The molecule has 1 aromatic carbocycles. The van der Waals surface area contributed by atoms with Crippen LogP contribution in [0.25, 0.3) is 10.9 Å². The highest BCUT2D eigenvalue weighted by Gasteiger charge is 2.15. The molecule has 0 saturated heterocycles. The standard InChI is InChI=1S/C14H11ClIN3O2S/c15-9-6-10(16)13(12-8(9)2-1-3-17-12)21-7-11(20)19-14-18-4-5-22-14/h1-3,6H,4-5,7H2,(H,18,19,20). The Morgan fingerprint density at radius 1 is 1.55 bits per heavy atom. The number of ether oxygens (including phenoxy) is 1. The van der Waals surface area contributed by atoms with Crippen molar-refractivity contribution >= 4 is 67.9 Å². The minimum absolute atomic E-state index is 0.0944. The van der Waals surface area contributed by atoms with Gasteiger partial charge >= 0.3 is 0 Å². The van der Waals surface area contributed by atoms with Crippen molar-refractivity contribution in [2.75, 3.05) is 18.9 Å². The first kappa shape index (κ1) is 15.8. The van der Waals surface area contributed by atoms with Gasteiger partial charge in [-0.2, -0.15) is 0 Å². The fraction of sp³-hybridized carbons (Fsp3) is 0.214. The van der Waals surface area contributed by atoms with E-state index in [4.69, 9.17) is 16.3 Å². The number of aliphatic imine (C=N–C) groups is 1. The molecular formula is C14H11ClIN3O2S. The van der Waals surface area contributed by atoms with Crippen molar-refractivity contribution in [3.8, 4) is 5.75 Å². The van der Waals surface area contributed by atoms with Gasteiger partial charge in [0.05, 0.1) is 15.1 Å². The zero-order valence-corrected chi connectivity index (χ0v) is 15.0. The number of benzene rings is 1. The number of amides is 1. The van der Waals surface area contributed by atoms with Crippen LogP contribution in [-0.2, 0) is 4.79 Å². The first-order valence-corrected chi connectivity index (χ1v) is 8.92. The predicted molar refractivity (Wildman–Crippen MR) is 97.9 cm³/mol. The summed E-state index contributed by atoms with van der Waals surface area (Å²) in [5.74, 6) is 1.24. The number of fused-ring (bicyclic) bond motifs is 1. The van der Waals surface area contributed by atoms with Gasteiger partial charge in [0.25, 0.3) is 5.91 Å². The molecule has 1 amide bonds. The van der Waals surface area contributed by atoms with Crippen LogP contribution in [0.15, 0.2) is 29.4 Å². The molecule has 3 rings (SSSR count). The molecule has 0 bridgehead atoms. The maximum Gasteiger partial charge on any atom is 0.263 e. The van der Waals surface area contributed by atoms with Crippen LogP contribution in [0.3, 0.4) is 0 Å². The molecule has 22 heavy (non-hydrogen) atoms. The third-order valence-corrected chi connectivity index (χ3v) is 4.94. The summed E-state index contributed by atoms with van der Waals surface area (Å²) in [7, 11) is 0. The molecule has 1 aliphatic heterocycles. The molecule has 1 aliphatic rings. The molecule has 5 nitrogen and oxygen atoms in total. The van der Waals surface area contributed by atoms with Crippen LogP contribution in [0.1, 0.15) is 0 Å². The summed E-state index contributed by atoms with van der Waals surface area (Å²) in [5, 5.41) is 4.80. The van der Waals surface area contributed by atoms with E-state index in [9.17, 15) is 4.79 Å². The molecule has 2 heterocycles. The molecule has 1 aromatic heterocycles. The van der Waals surface area contributed by atoms with Gasteiger partial charge in [-0.3, -0.25) is 14.8 Å². The summed E-state index contributed by atoms with van der Waals surface area (Å²) in [5.41, 5.74) is 0.653. The number of carbonyl (C=O) groups is 1. The molecule has 0 spiro atoms. The molecule has 8 heteroatoms. The number of amidine groups is 1. The number of rotatable bonds is 3. The highest BCUT2D eigenvalue weighted by Crippen LogP contribution is 2.34. The van der Waals surface area contributed by atoms with Gasteiger partial charge < -0.3 is 10.1 Å². The molecule has 0 aliphatic carbocycles. The van der Waals surface area contributed by atoms with Crippen LogP contribution in [0.2, 0.25) is 5.02 Å². The molecule has 0 fully saturated rings. The number of nitrogens with zero attached hydrogens (tertiary/aromatic N) is 2. The summed E-state index contributed by atoms with van der Waals surface area (Å²) in [6.07, 6.45) is 1.67. The van der Waals surface area contributed by atoms with Crippen LogP contribution in [-0.4, -0.2) is 35.0 Å². The van der Waals surface area contributed by atoms with E-state index < -0.39 is 0 Å². The molecular weight excluding hydrogens is 437 g/mol. The highest BCUT2D eigenvalue weighted by atomic mass is 127. The number of nitrogens with one attached hydrogen (secondary N) is 1. The van der Waals surface area contributed by atoms with Gasteiger partial charge in [-0.25, -0.2) is 0 Å². The number of thioether (sulfide) groups is 1. The highest BCUT2D eigenvalue weighted by molar-refractivity contribution is 14.1. The summed E-state index contributed by atoms with van der Waals surface area (Å²) >= 11 is 9.87. The van der Waals surface area contributed by atoms with Crippen molar-refractivity contribution in [1.82, 2.24) is 10.3 Å². The van der Waals surface area contributed by atoms with E-state index in [1.165, 1.54) is 11.8 Å². The van der Waals surface area contributed by atoms with Gasteiger partial charge in [-0.05, 0) is 40.8 Å². The minimum atomic E-state index is -0.233. The van der Waals surface area contributed by atoms with Crippen LogP contribution < -0.4 is 10.1 Å². The molecule has 1 N–H and O–H groups in total. The number of hydrogen-bond donors (Lipinski definition) is 1. The fourth-order valence-corrected chi connectivity index (χ4v) is 3.90. The molecule has 114 valence electrons. The normalized spacial score (nSPS) is 14.0. The average molecular weight is 448 g/mol. The van der Waals surface area contributed by atoms with E-state index in [1.54, 1.807) is 12.3 Å². The predicted octanol–water partition coefficient (Wildman–Crippen LogP) is 3.09. The quantitative estimate of drug-likeness (QED) is 0.735. The molecule has 0 saturated carbocycles. The Morgan fingerprint density at radius 2 is 2.41 bits per heavy atom. The Bertz CT molecular complexity index is 769. The Morgan fingerprint density at radius 3 is 3.18 bits per heavy atom. The Labute approximate surface area is 150 Å². The first-order valence-electron chi connectivity index (χ1n) is 6.48. The Kier molecular flexibility index (Phi) is 5.04. The zero-order chi connectivity index (χ0) is 15.5. The Balaban J connectivity index is 1.77. The molecule has 0 unspecified atom stereocenters. The van der Waals surface area contributed by atoms with Gasteiger partial charge in [-0.15, -0.1) is 0 Å². The lowest BCUT2D eigenvalue weighted by Crippen LogP contribution is -2.32. The number of aromatic nitrogens is 1. The van der Waals surface area contributed by atoms with Gasteiger partial charge in [0, 0.05) is 17.3 Å². The van der Waals surface area contributed by atoms with Crippen molar-refractivity contribution in [2.24, 2.45) is 4.99 Å². The minimum Gasteiger partial charge on any atom is -0.480 e. The van der Waals surface area contributed by atoms with E-state index >= 15 is 0 Å². The topological polar surface area (TPSA) is 63.6 Å². The second-order valence-electron chi connectivity index (χ2n) is 4.44. The fourth-order valence-electron chi connectivity index (χ4n) is 1.99. The van der Waals surface area contributed by atoms with E-state index in [2.05, 4.69) is 37.9 Å². The van der Waals surface area contributed by atoms with Crippen LogP contribution >= 0.6 is 46.0 Å². The van der Waals surface area contributed by atoms with E-state index in [0.717, 1.165) is 21.3 Å². The lowest BCUT2D eigenvalue weighted by Gasteiger charge is -2.11. The molecule has 0 atom stereocenters. The zero-order valence-electron chi connectivity index (χ0n) is 11.3. The monoisotopic (exact) mass is 447 g/mol. The van der Waals surface area contributed by atoms with E-state index in [-0.39, 0.29) is 12.5 Å². The third kappa shape index (κ3) is 3.47. The van der Waals surface area contributed by atoms with Gasteiger partial charge in [-0.1, -0.05) is 23.4 Å². The summed E-state index contributed by atoms with van der Waals surface area (Å²) in [6.45, 7) is 0.646. The van der Waals surface area contributed by atoms with Crippen LogP contribution in [0, 0.1) is 3.57 Å². The van der Waals surface area contributed by atoms with Crippen molar-refractivity contribution in [2.45, 2.75) is 0 Å². The van der Waals surface area contributed by atoms with Crippen molar-refractivity contribution in [3.05, 3.63) is 33.0 Å². The van der Waals surface area contributed by atoms with Gasteiger partial charge in [0.2, 0.25) is 0 Å². The third-order valence-electron chi connectivity index (χ3n) is 2.93. The lowest BCUT2D eigenvalue weighted by molar-refractivity contribution is -0.121. The first-order chi connectivity index (χ1) is 10.6. The van der Waals surface area contributed by atoms with Crippen molar-refractivity contribution in [3.63, 3.8) is 0 Å². The number of carbonyl (C=O) groups excluding carboxylic acids is 1. The average Bonchev–Trinajstić information content (AvgIpc) is 3.00. The van der Waals surface area contributed by atoms with Crippen molar-refractivity contribution in [1.29, 1.82) is 0 Å². The maximum atomic E-state index is 11.9. The van der Waals surface area contributed by atoms with E-state index in [1.807, 2.05) is 12.1 Å². The summed E-state index contributed by atoms with van der Waals surface area (Å²) in [6, 6.07) is 5.49. The largest absolute Gasteiger partial charge is 0.480 e. The second kappa shape index (κ2) is 7.01. The van der Waals surface area contributed by atoms with Gasteiger partial charge in [0.1, 0.15) is 5.52 Å². The van der Waals surface area contributed by atoms with Crippen molar-refractivity contribution < 1.29 is 9.53 Å². The van der Waals surface area contributed by atoms with E-state index in [0.29, 0.717) is 21.5 Å². The molecule has 2 aromatic rings.